The molecule has 16 heavy (non-hydrogen) atoms. The molecule has 0 aromatic rings. The van der Waals surface area contributed by atoms with E-state index in [1.807, 2.05) is 0 Å². The van der Waals surface area contributed by atoms with E-state index in [0.717, 1.165) is 12.5 Å². The summed E-state index contributed by atoms with van der Waals surface area (Å²) in [5.41, 5.74) is 5.67. The van der Waals surface area contributed by atoms with Gasteiger partial charge in [-0.05, 0) is 38.1 Å². The average molecular weight is 223 g/mol. The largest absolute Gasteiger partial charge is 0.330 e. The zero-order chi connectivity index (χ0) is 11.5. The Bertz CT molecular complexity index is 174. The van der Waals surface area contributed by atoms with Crippen molar-refractivity contribution in [2.45, 2.75) is 70.6 Å². The van der Waals surface area contributed by atoms with Crippen molar-refractivity contribution in [3.63, 3.8) is 0 Å². The van der Waals surface area contributed by atoms with Gasteiger partial charge in [-0.3, -0.25) is 0 Å². The lowest BCUT2D eigenvalue weighted by Gasteiger charge is -2.11. The van der Waals surface area contributed by atoms with E-state index in [-0.39, 0.29) is 0 Å². The highest BCUT2D eigenvalue weighted by atomic mass is 14.5. The van der Waals surface area contributed by atoms with Crippen molar-refractivity contribution in [1.29, 1.82) is 0 Å². The zero-order valence-electron chi connectivity index (χ0n) is 10.8. The Hall–Kier alpha value is -0.300. The summed E-state index contributed by atoms with van der Waals surface area (Å²) in [6.45, 7) is 0.842. The fraction of sp³-hybridized carbons (Fsp3) is 0.867. The molecule has 1 rings (SSSR count). The quantitative estimate of drug-likeness (QED) is 0.689. The molecule has 1 unspecified atom stereocenters. The van der Waals surface area contributed by atoms with Crippen LogP contribution in [0.3, 0.4) is 0 Å². The van der Waals surface area contributed by atoms with Crippen LogP contribution in [-0.2, 0) is 0 Å². The molecule has 0 aromatic heterocycles. The van der Waals surface area contributed by atoms with Crippen molar-refractivity contribution >= 4 is 0 Å². The number of allylic oxidation sites excluding steroid dienone is 2. The fourth-order valence-corrected chi connectivity index (χ4v) is 2.57. The average Bonchev–Trinajstić information content (AvgIpc) is 2.31. The summed E-state index contributed by atoms with van der Waals surface area (Å²) in [7, 11) is 0. The van der Waals surface area contributed by atoms with Crippen molar-refractivity contribution in [2.24, 2.45) is 11.7 Å². The maximum atomic E-state index is 5.67. The first-order chi connectivity index (χ1) is 7.93. The van der Waals surface area contributed by atoms with Crippen LogP contribution >= 0.6 is 0 Å². The molecule has 0 amide bonds. The van der Waals surface area contributed by atoms with Crippen molar-refractivity contribution in [3.05, 3.63) is 12.2 Å². The molecule has 0 aliphatic heterocycles. The minimum absolute atomic E-state index is 0.755. The third-order valence-electron chi connectivity index (χ3n) is 3.64. The predicted molar refractivity (Wildman–Crippen MR) is 72.5 cm³/mol. The molecule has 1 heteroatoms. The van der Waals surface area contributed by atoms with Crippen LogP contribution in [0.1, 0.15) is 70.6 Å². The minimum atomic E-state index is 0.755. The molecule has 1 nitrogen and oxygen atoms in total. The van der Waals surface area contributed by atoms with Crippen LogP contribution in [0.25, 0.3) is 0 Å². The van der Waals surface area contributed by atoms with Gasteiger partial charge in [-0.15, -0.1) is 0 Å². The standard InChI is InChI=1S/C15H29N/c16-14-13-15-11-9-7-5-3-1-2-4-6-8-10-12-15/h9,11,15H,1-8,10,12-14,16H2/b11-9-. The van der Waals surface area contributed by atoms with Crippen molar-refractivity contribution < 1.29 is 0 Å². The molecule has 0 aromatic carbocycles. The van der Waals surface area contributed by atoms with Crippen LogP contribution in [-0.4, -0.2) is 6.54 Å². The highest BCUT2D eigenvalue weighted by molar-refractivity contribution is 4.88. The lowest BCUT2D eigenvalue weighted by molar-refractivity contribution is 0.497. The van der Waals surface area contributed by atoms with Gasteiger partial charge in [0.25, 0.3) is 0 Å². The van der Waals surface area contributed by atoms with Crippen LogP contribution < -0.4 is 5.73 Å². The molecule has 1 atom stereocenters. The van der Waals surface area contributed by atoms with Gasteiger partial charge in [-0.1, -0.05) is 57.1 Å². The summed E-state index contributed by atoms with van der Waals surface area (Å²) in [6, 6.07) is 0. The molecule has 94 valence electrons. The van der Waals surface area contributed by atoms with Crippen LogP contribution in [0, 0.1) is 5.92 Å². The van der Waals surface area contributed by atoms with Crippen LogP contribution in [0.5, 0.6) is 0 Å². The second-order valence-corrected chi connectivity index (χ2v) is 5.17. The number of hydrogen-bond acceptors (Lipinski definition) is 1. The summed E-state index contributed by atoms with van der Waals surface area (Å²) in [5.74, 6) is 0.755. The molecule has 0 saturated carbocycles. The Morgan fingerprint density at radius 3 is 2.19 bits per heavy atom. The van der Waals surface area contributed by atoms with Crippen molar-refractivity contribution in [2.75, 3.05) is 6.54 Å². The molecule has 0 saturated heterocycles. The van der Waals surface area contributed by atoms with Crippen LogP contribution in [0.2, 0.25) is 0 Å². The topological polar surface area (TPSA) is 26.0 Å². The third-order valence-corrected chi connectivity index (χ3v) is 3.64. The van der Waals surface area contributed by atoms with E-state index in [1.165, 1.54) is 70.6 Å². The molecule has 0 spiro atoms. The van der Waals surface area contributed by atoms with Gasteiger partial charge >= 0.3 is 0 Å². The second kappa shape index (κ2) is 9.89. The highest BCUT2D eigenvalue weighted by Gasteiger charge is 2.03. The number of nitrogens with two attached hydrogens (primary N) is 1. The Labute approximate surface area is 101 Å². The lowest BCUT2D eigenvalue weighted by atomic mass is 9.96. The van der Waals surface area contributed by atoms with E-state index in [0.29, 0.717) is 0 Å². The number of hydrogen-bond donors (Lipinski definition) is 1. The van der Waals surface area contributed by atoms with Crippen LogP contribution in [0.4, 0.5) is 0 Å². The first-order valence-corrected chi connectivity index (χ1v) is 7.30. The van der Waals surface area contributed by atoms with Gasteiger partial charge in [-0.2, -0.15) is 0 Å². The first-order valence-electron chi connectivity index (χ1n) is 7.30. The van der Waals surface area contributed by atoms with Gasteiger partial charge in [0.15, 0.2) is 0 Å². The molecular formula is C15H29N. The molecule has 1 aliphatic carbocycles. The highest BCUT2D eigenvalue weighted by Crippen LogP contribution is 2.18. The Morgan fingerprint density at radius 1 is 0.875 bits per heavy atom. The number of rotatable bonds is 2. The SMILES string of the molecule is NCCC1/C=C\CCCCCCCCCC1. The van der Waals surface area contributed by atoms with Gasteiger partial charge in [0.1, 0.15) is 0 Å². The Balaban J connectivity index is 2.29. The summed E-state index contributed by atoms with van der Waals surface area (Å²) >= 11 is 0. The van der Waals surface area contributed by atoms with Gasteiger partial charge in [0, 0.05) is 0 Å². The lowest BCUT2D eigenvalue weighted by Crippen LogP contribution is -2.06. The molecular weight excluding hydrogens is 194 g/mol. The maximum absolute atomic E-state index is 5.67. The summed E-state index contributed by atoms with van der Waals surface area (Å²) in [4.78, 5) is 0. The van der Waals surface area contributed by atoms with E-state index in [1.54, 1.807) is 0 Å². The zero-order valence-corrected chi connectivity index (χ0v) is 10.8. The normalized spacial score (nSPS) is 27.4. The minimum Gasteiger partial charge on any atom is -0.330 e. The first kappa shape index (κ1) is 13.8. The van der Waals surface area contributed by atoms with Gasteiger partial charge in [0.05, 0.1) is 0 Å². The summed E-state index contributed by atoms with van der Waals surface area (Å²) in [6.07, 6.45) is 20.1. The second-order valence-electron chi connectivity index (χ2n) is 5.17. The summed E-state index contributed by atoms with van der Waals surface area (Å²) < 4.78 is 0. The predicted octanol–water partition coefficient (Wildman–Crippen LogP) is 4.42. The fourth-order valence-electron chi connectivity index (χ4n) is 2.57. The summed E-state index contributed by atoms with van der Waals surface area (Å²) in [5, 5.41) is 0. The van der Waals surface area contributed by atoms with E-state index in [4.69, 9.17) is 5.73 Å². The molecule has 0 fully saturated rings. The third kappa shape index (κ3) is 7.05. The van der Waals surface area contributed by atoms with Crippen molar-refractivity contribution in [1.82, 2.24) is 0 Å². The van der Waals surface area contributed by atoms with Gasteiger partial charge < -0.3 is 5.73 Å². The van der Waals surface area contributed by atoms with E-state index in [2.05, 4.69) is 12.2 Å². The molecule has 0 heterocycles. The smallest absolute Gasteiger partial charge is 0.00717 e. The molecule has 1 aliphatic rings. The maximum Gasteiger partial charge on any atom is -0.00717 e. The van der Waals surface area contributed by atoms with E-state index >= 15 is 0 Å². The van der Waals surface area contributed by atoms with E-state index < -0.39 is 0 Å². The Kier molecular flexibility index (Phi) is 8.51. The van der Waals surface area contributed by atoms with Gasteiger partial charge in [0.2, 0.25) is 0 Å². The molecule has 0 bridgehead atoms. The van der Waals surface area contributed by atoms with Crippen molar-refractivity contribution in [3.8, 4) is 0 Å². The molecule has 0 radical (unpaired) electrons. The van der Waals surface area contributed by atoms with Crippen LogP contribution in [0.15, 0.2) is 12.2 Å². The van der Waals surface area contributed by atoms with Gasteiger partial charge in [-0.25, -0.2) is 0 Å². The van der Waals surface area contributed by atoms with E-state index in [9.17, 15) is 0 Å². The monoisotopic (exact) mass is 223 g/mol. The Morgan fingerprint density at radius 2 is 1.50 bits per heavy atom. The molecule has 2 N–H and O–H groups in total.